The Morgan fingerprint density at radius 2 is 1.61 bits per heavy atom. The highest BCUT2D eigenvalue weighted by Gasteiger charge is 2.25. The maximum atomic E-state index is 13.1. The number of hydrogen-bond donors (Lipinski definition) is 2. The van der Waals surface area contributed by atoms with Crippen LogP contribution in [0.3, 0.4) is 0 Å². The predicted molar refractivity (Wildman–Crippen MR) is 140 cm³/mol. The number of hydrogen-bond acceptors (Lipinski definition) is 9. The van der Waals surface area contributed by atoms with Crippen LogP contribution in [0.2, 0.25) is 0 Å². The summed E-state index contributed by atoms with van der Waals surface area (Å²) in [6.45, 7) is 1.91. The first kappa shape index (κ1) is 29.1. The van der Waals surface area contributed by atoms with Gasteiger partial charge < -0.3 is 38.5 Å². The van der Waals surface area contributed by atoms with E-state index in [1.807, 2.05) is 43.3 Å². The zero-order chi connectivity index (χ0) is 27.3. The van der Waals surface area contributed by atoms with Gasteiger partial charge in [0.25, 0.3) is 5.91 Å². The van der Waals surface area contributed by atoms with Gasteiger partial charge in [0.05, 0.1) is 13.2 Å². The molecule has 2 N–H and O–H groups in total. The van der Waals surface area contributed by atoms with Gasteiger partial charge in [0, 0.05) is 45.4 Å². The number of aryl methyl sites for hydroxylation is 1. The molecule has 1 amide bonds. The number of aromatic nitrogens is 1. The molecule has 1 heterocycles. The van der Waals surface area contributed by atoms with Gasteiger partial charge >= 0.3 is 0 Å². The van der Waals surface area contributed by atoms with Crippen molar-refractivity contribution in [2.75, 3.05) is 54.1 Å². The van der Waals surface area contributed by atoms with E-state index in [4.69, 9.17) is 23.4 Å². The van der Waals surface area contributed by atoms with E-state index in [1.54, 1.807) is 14.2 Å². The average molecular weight is 529 g/mol. The Morgan fingerprint density at radius 1 is 0.947 bits per heavy atom. The summed E-state index contributed by atoms with van der Waals surface area (Å²) in [4.78, 5) is 18.6. The minimum absolute atomic E-state index is 0.0563. The number of oxazole rings is 1. The lowest BCUT2D eigenvalue weighted by atomic mass is 9.89. The first-order valence-corrected chi connectivity index (χ1v) is 12.5. The molecular formula is C28H36N2O8. The number of rotatable bonds is 16. The number of nitrogens with zero attached hydrogens (tertiary/aromatic N) is 2. The number of methoxy groups -OCH3 is 2. The molecule has 0 saturated heterocycles. The largest absolute Gasteiger partial charge is 0.467 e. The minimum atomic E-state index is -0.405. The molecule has 38 heavy (non-hydrogen) atoms. The topological polar surface area (TPSA) is 124 Å². The monoisotopic (exact) mass is 528 g/mol. The van der Waals surface area contributed by atoms with Gasteiger partial charge in [0.15, 0.2) is 25.7 Å². The third kappa shape index (κ3) is 7.11. The molecule has 0 aliphatic carbocycles. The van der Waals surface area contributed by atoms with Crippen molar-refractivity contribution < 1.29 is 38.4 Å². The summed E-state index contributed by atoms with van der Waals surface area (Å²) in [7, 11) is 3.12. The van der Waals surface area contributed by atoms with Crippen molar-refractivity contribution in [3.05, 3.63) is 65.4 Å². The van der Waals surface area contributed by atoms with Crippen LogP contribution in [0.4, 0.5) is 0 Å². The number of ether oxygens (including phenoxy) is 4. The number of benzene rings is 2. The van der Waals surface area contributed by atoms with Crippen LogP contribution in [0.1, 0.15) is 34.3 Å². The van der Waals surface area contributed by atoms with E-state index in [2.05, 4.69) is 4.98 Å². The molecule has 0 radical (unpaired) electrons. The Kier molecular flexibility index (Phi) is 11.6. The summed E-state index contributed by atoms with van der Waals surface area (Å²) in [6.07, 6.45) is 2.79. The van der Waals surface area contributed by atoms with Gasteiger partial charge in [-0.2, -0.15) is 0 Å². The van der Waals surface area contributed by atoms with E-state index in [-0.39, 0.29) is 45.6 Å². The Balaban J connectivity index is 2.06. The van der Waals surface area contributed by atoms with Crippen LogP contribution < -0.4 is 9.47 Å². The SMILES string of the molecule is CCc1c(OCOC)cc(OCOC)c(-c2ccccc2)c1CCc1ocnc1C(=O)N(CCO)CCO. The molecule has 3 aromatic rings. The molecule has 0 spiro atoms. The molecule has 3 rings (SSSR count). The Morgan fingerprint density at radius 3 is 2.21 bits per heavy atom. The number of amides is 1. The van der Waals surface area contributed by atoms with Crippen LogP contribution in [0.15, 0.2) is 47.2 Å². The second-order valence-electron chi connectivity index (χ2n) is 8.39. The van der Waals surface area contributed by atoms with Gasteiger partial charge in [-0.1, -0.05) is 37.3 Å². The smallest absolute Gasteiger partial charge is 0.276 e. The molecule has 0 aliphatic heterocycles. The Bertz CT molecular complexity index is 1140. The third-order valence-corrected chi connectivity index (χ3v) is 6.03. The highest BCUT2D eigenvalue weighted by molar-refractivity contribution is 5.93. The quantitative estimate of drug-likeness (QED) is 0.270. The molecule has 0 bridgehead atoms. The molecular weight excluding hydrogens is 492 g/mol. The molecule has 0 unspecified atom stereocenters. The summed E-state index contributed by atoms with van der Waals surface area (Å²) >= 11 is 0. The van der Waals surface area contributed by atoms with Crippen LogP contribution in [0, 0.1) is 0 Å². The van der Waals surface area contributed by atoms with Gasteiger partial charge in [0.1, 0.15) is 17.3 Å². The minimum Gasteiger partial charge on any atom is -0.467 e. The second-order valence-corrected chi connectivity index (χ2v) is 8.39. The number of carbonyl (C=O) groups excluding carboxylic acids is 1. The van der Waals surface area contributed by atoms with E-state index in [0.717, 1.165) is 22.3 Å². The summed E-state index contributed by atoms with van der Waals surface area (Å²) in [5.41, 5.74) is 4.00. The predicted octanol–water partition coefficient (Wildman–Crippen LogP) is 3.08. The lowest BCUT2D eigenvalue weighted by Gasteiger charge is -2.22. The summed E-state index contributed by atoms with van der Waals surface area (Å²) in [6, 6.07) is 11.8. The van der Waals surface area contributed by atoms with Crippen molar-refractivity contribution >= 4 is 5.91 Å². The van der Waals surface area contributed by atoms with Crippen molar-refractivity contribution in [3.63, 3.8) is 0 Å². The van der Waals surface area contributed by atoms with Gasteiger partial charge in [-0.3, -0.25) is 4.79 Å². The van der Waals surface area contributed by atoms with E-state index < -0.39 is 5.91 Å². The number of carbonyl (C=O) groups is 1. The summed E-state index contributed by atoms with van der Waals surface area (Å²) < 4.78 is 27.9. The average Bonchev–Trinajstić information content (AvgIpc) is 3.42. The van der Waals surface area contributed by atoms with E-state index in [1.165, 1.54) is 11.3 Å². The zero-order valence-electron chi connectivity index (χ0n) is 22.1. The van der Waals surface area contributed by atoms with Crippen molar-refractivity contribution in [2.45, 2.75) is 26.2 Å². The van der Waals surface area contributed by atoms with Crippen molar-refractivity contribution in [1.82, 2.24) is 9.88 Å². The fourth-order valence-electron chi connectivity index (χ4n) is 4.37. The van der Waals surface area contributed by atoms with E-state index >= 15 is 0 Å². The second kappa shape index (κ2) is 15.1. The van der Waals surface area contributed by atoms with Gasteiger partial charge in [-0.25, -0.2) is 4.98 Å². The Hall–Kier alpha value is -3.44. The third-order valence-electron chi connectivity index (χ3n) is 6.03. The molecule has 1 aromatic heterocycles. The summed E-state index contributed by atoms with van der Waals surface area (Å²) in [5, 5.41) is 18.7. The number of aliphatic hydroxyl groups excluding tert-OH is 2. The molecule has 0 fully saturated rings. The van der Waals surface area contributed by atoms with E-state index in [9.17, 15) is 15.0 Å². The van der Waals surface area contributed by atoms with Crippen molar-refractivity contribution in [1.29, 1.82) is 0 Å². The zero-order valence-corrected chi connectivity index (χ0v) is 22.1. The molecule has 0 aliphatic rings. The highest BCUT2D eigenvalue weighted by Crippen LogP contribution is 2.42. The van der Waals surface area contributed by atoms with Gasteiger partial charge in [-0.15, -0.1) is 0 Å². The van der Waals surface area contributed by atoms with Crippen LogP contribution in [0.25, 0.3) is 11.1 Å². The van der Waals surface area contributed by atoms with Gasteiger partial charge in [-0.05, 0) is 29.5 Å². The van der Waals surface area contributed by atoms with Crippen molar-refractivity contribution in [3.8, 4) is 22.6 Å². The van der Waals surface area contributed by atoms with Crippen molar-refractivity contribution in [2.24, 2.45) is 0 Å². The molecule has 10 heteroatoms. The van der Waals surface area contributed by atoms with Crippen LogP contribution >= 0.6 is 0 Å². The van der Waals surface area contributed by atoms with Crippen LogP contribution in [-0.4, -0.2) is 80.1 Å². The fourth-order valence-corrected chi connectivity index (χ4v) is 4.37. The molecule has 2 aromatic carbocycles. The lowest BCUT2D eigenvalue weighted by molar-refractivity contribution is 0.0457. The first-order valence-electron chi connectivity index (χ1n) is 12.5. The fraction of sp³-hybridized carbons (Fsp3) is 0.429. The van der Waals surface area contributed by atoms with Crippen LogP contribution in [0.5, 0.6) is 11.5 Å². The van der Waals surface area contributed by atoms with Crippen LogP contribution in [-0.2, 0) is 28.7 Å². The molecule has 0 atom stereocenters. The van der Waals surface area contributed by atoms with Gasteiger partial charge in [0.2, 0.25) is 0 Å². The lowest BCUT2D eigenvalue weighted by Crippen LogP contribution is -2.36. The maximum Gasteiger partial charge on any atom is 0.276 e. The van der Waals surface area contributed by atoms with E-state index in [0.29, 0.717) is 36.5 Å². The Labute approximate surface area is 222 Å². The first-order chi connectivity index (χ1) is 18.6. The number of aliphatic hydroxyl groups is 2. The standard InChI is InChI=1S/C28H36N2O8/c1-4-21-22(10-11-23-27(29-17-36-23)28(33)30(12-14-31)13-15-32)26(20-8-6-5-7-9-20)25(38-19-35-3)16-24(21)37-18-34-2/h5-9,16-17,31-32H,4,10-15,18-19H2,1-3H3. The molecule has 0 saturated carbocycles. The molecule has 10 nitrogen and oxygen atoms in total. The molecule has 206 valence electrons. The normalized spacial score (nSPS) is 11.0. The maximum absolute atomic E-state index is 13.1. The summed E-state index contributed by atoms with van der Waals surface area (Å²) in [5.74, 6) is 1.25. The highest BCUT2D eigenvalue weighted by atomic mass is 16.7.